The van der Waals surface area contributed by atoms with Crippen molar-refractivity contribution in [3.05, 3.63) is 65.1 Å². The molecule has 8 nitrogen and oxygen atoms in total. The molecule has 5 rings (SSSR count). The van der Waals surface area contributed by atoms with Crippen LogP contribution in [0.3, 0.4) is 0 Å². The highest BCUT2D eigenvalue weighted by Crippen LogP contribution is 2.31. The van der Waals surface area contributed by atoms with Crippen molar-refractivity contribution in [2.24, 2.45) is 12.1 Å². The van der Waals surface area contributed by atoms with E-state index < -0.39 is 23.5 Å². The number of anilines is 1. The normalized spacial score (nSPS) is 18.0. The van der Waals surface area contributed by atoms with Gasteiger partial charge >= 0.3 is 6.03 Å². The first-order chi connectivity index (χ1) is 16.8. The van der Waals surface area contributed by atoms with E-state index >= 15 is 0 Å². The Morgan fingerprint density at radius 3 is 2.40 bits per heavy atom. The fourth-order valence-corrected chi connectivity index (χ4v) is 4.58. The number of rotatable bonds is 3. The van der Waals surface area contributed by atoms with Gasteiger partial charge in [-0.05, 0) is 42.3 Å². The number of pyridine rings is 1. The van der Waals surface area contributed by atoms with Crippen molar-refractivity contribution in [3.8, 4) is 11.4 Å². The monoisotopic (exact) mass is 483 g/mol. The summed E-state index contributed by atoms with van der Waals surface area (Å²) < 4.78 is 43.6. The number of benzene rings is 1. The minimum absolute atomic E-state index is 0.232. The van der Waals surface area contributed by atoms with E-state index in [0.29, 0.717) is 49.7 Å². The van der Waals surface area contributed by atoms with Crippen molar-refractivity contribution in [2.75, 3.05) is 31.1 Å². The van der Waals surface area contributed by atoms with E-state index in [1.54, 1.807) is 35.1 Å². The molecule has 0 bridgehead atoms. The third-order valence-electron chi connectivity index (χ3n) is 6.35. The second-order valence-corrected chi connectivity index (χ2v) is 8.65. The van der Waals surface area contributed by atoms with Crippen LogP contribution in [-0.4, -0.2) is 63.1 Å². The molecule has 0 radical (unpaired) electrons. The first-order valence-corrected chi connectivity index (χ1v) is 11.3. The van der Waals surface area contributed by atoms with E-state index in [4.69, 9.17) is 0 Å². The Hall–Kier alpha value is -3.89. The fourth-order valence-electron chi connectivity index (χ4n) is 4.58. The summed E-state index contributed by atoms with van der Waals surface area (Å²) in [5.74, 6) is -1.21. The number of aromatic nitrogens is 3. The van der Waals surface area contributed by atoms with E-state index in [1.807, 2.05) is 11.8 Å². The Balaban J connectivity index is 1.29. The molecular weight excluding hydrogens is 459 g/mol. The molecular formula is C24H24F3N7O. The van der Waals surface area contributed by atoms with Gasteiger partial charge in [0.15, 0.2) is 5.82 Å². The molecule has 2 aliphatic heterocycles. The van der Waals surface area contributed by atoms with Crippen LogP contribution in [0, 0.1) is 24.4 Å². The lowest BCUT2D eigenvalue weighted by Gasteiger charge is -2.37. The number of carbonyl (C=O) groups excluding carboxylic acids is 1. The third-order valence-corrected chi connectivity index (χ3v) is 6.35. The zero-order valence-corrected chi connectivity index (χ0v) is 19.3. The molecule has 0 saturated carbocycles. The number of hydrogen-bond acceptors (Lipinski definition) is 5. The summed E-state index contributed by atoms with van der Waals surface area (Å²) in [5.41, 5.74) is 2.03. The maximum absolute atomic E-state index is 14.6. The van der Waals surface area contributed by atoms with Crippen LogP contribution in [0.4, 0.5) is 23.8 Å². The van der Waals surface area contributed by atoms with E-state index in [-0.39, 0.29) is 11.7 Å². The molecule has 35 heavy (non-hydrogen) atoms. The molecule has 182 valence electrons. The molecule has 1 unspecified atom stereocenters. The number of carbonyl (C=O) groups is 1. The summed E-state index contributed by atoms with van der Waals surface area (Å²) in [6.45, 7) is 3.63. The average molecular weight is 483 g/mol. The van der Waals surface area contributed by atoms with E-state index in [0.717, 1.165) is 11.6 Å². The maximum Gasteiger partial charge on any atom is 0.341 e. The predicted octanol–water partition coefficient (Wildman–Crippen LogP) is 3.88. The number of halogens is 3. The van der Waals surface area contributed by atoms with Gasteiger partial charge in [0.2, 0.25) is 0 Å². The number of amides is 2. The zero-order valence-electron chi connectivity index (χ0n) is 19.3. The Bertz CT molecular complexity index is 1260. The summed E-state index contributed by atoms with van der Waals surface area (Å²) in [6, 6.07) is 5.38. The summed E-state index contributed by atoms with van der Waals surface area (Å²) in [7, 11) is 1.74. The van der Waals surface area contributed by atoms with Crippen LogP contribution in [0.15, 0.2) is 41.6 Å². The Labute approximate surface area is 200 Å². The van der Waals surface area contributed by atoms with Gasteiger partial charge in [-0.15, -0.1) is 0 Å². The Morgan fingerprint density at radius 2 is 1.74 bits per heavy atom. The van der Waals surface area contributed by atoms with E-state index in [9.17, 15) is 18.0 Å². The average Bonchev–Trinajstić information content (AvgIpc) is 3.45. The fraction of sp³-hybridized carbons (Fsp3) is 0.333. The lowest BCUT2D eigenvalue weighted by Crippen LogP contribution is -2.52. The minimum Gasteiger partial charge on any atom is -0.353 e. The summed E-state index contributed by atoms with van der Waals surface area (Å²) >= 11 is 0. The first kappa shape index (κ1) is 22.9. The summed E-state index contributed by atoms with van der Waals surface area (Å²) in [5, 5.41) is 9.62. The quantitative estimate of drug-likeness (QED) is 0.567. The van der Waals surface area contributed by atoms with Crippen molar-refractivity contribution in [3.63, 3.8) is 0 Å². The minimum atomic E-state index is -0.694. The highest BCUT2D eigenvalue weighted by Gasteiger charge is 2.34. The largest absolute Gasteiger partial charge is 0.353 e. The number of hydrazone groups is 1. The van der Waals surface area contributed by atoms with Gasteiger partial charge in [0.1, 0.15) is 23.1 Å². The van der Waals surface area contributed by atoms with Crippen LogP contribution in [0.25, 0.3) is 11.4 Å². The molecule has 11 heteroatoms. The van der Waals surface area contributed by atoms with Crippen LogP contribution in [0.1, 0.15) is 23.6 Å². The third kappa shape index (κ3) is 4.33. The lowest BCUT2D eigenvalue weighted by atomic mass is 10.0. The van der Waals surface area contributed by atoms with Gasteiger partial charge in [-0.25, -0.2) is 28.0 Å². The van der Waals surface area contributed by atoms with Crippen molar-refractivity contribution in [2.45, 2.75) is 19.4 Å². The van der Waals surface area contributed by atoms with Gasteiger partial charge < -0.3 is 9.80 Å². The molecule has 2 amide bonds. The molecule has 2 aliphatic rings. The molecule has 0 N–H and O–H groups in total. The van der Waals surface area contributed by atoms with Gasteiger partial charge in [0.25, 0.3) is 0 Å². The molecule has 3 aromatic rings. The topological polar surface area (TPSA) is 69.9 Å². The van der Waals surface area contributed by atoms with Crippen LogP contribution in [0.2, 0.25) is 0 Å². The highest BCUT2D eigenvalue weighted by molar-refractivity contribution is 5.79. The molecule has 0 spiro atoms. The van der Waals surface area contributed by atoms with Gasteiger partial charge in [-0.1, -0.05) is 0 Å². The molecule has 2 aromatic heterocycles. The van der Waals surface area contributed by atoms with Crippen LogP contribution in [-0.2, 0) is 7.05 Å². The zero-order chi connectivity index (χ0) is 24.7. The van der Waals surface area contributed by atoms with Crippen LogP contribution in [0.5, 0.6) is 0 Å². The number of piperazine rings is 1. The molecule has 1 atom stereocenters. The second kappa shape index (κ2) is 9.05. The SMILES string of the molecule is Cc1cnn(C)c1-c1nc(N2CCN(C(=O)N3N=CCC3c3cc(F)cc(F)c3)CC2)ccc1F. The van der Waals surface area contributed by atoms with E-state index in [1.165, 1.54) is 23.2 Å². The van der Waals surface area contributed by atoms with Gasteiger partial charge in [0.05, 0.1) is 17.9 Å². The van der Waals surface area contributed by atoms with Crippen molar-refractivity contribution < 1.29 is 18.0 Å². The van der Waals surface area contributed by atoms with Crippen LogP contribution < -0.4 is 4.90 Å². The Kier molecular flexibility index (Phi) is 5.91. The van der Waals surface area contributed by atoms with Crippen molar-refractivity contribution in [1.29, 1.82) is 0 Å². The molecule has 1 saturated heterocycles. The van der Waals surface area contributed by atoms with Gasteiger partial charge in [0, 0.05) is 51.9 Å². The van der Waals surface area contributed by atoms with Crippen molar-refractivity contribution >= 4 is 18.1 Å². The van der Waals surface area contributed by atoms with Crippen molar-refractivity contribution in [1.82, 2.24) is 24.7 Å². The van der Waals surface area contributed by atoms with Gasteiger partial charge in [-0.3, -0.25) is 4.68 Å². The Morgan fingerprint density at radius 1 is 1.03 bits per heavy atom. The molecule has 1 fully saturated rings. The summed E-state index contributed by atoms with van der Waals surface area (Å²) in [4.78, 5) is 21.4. The number of urea groups is 1. The van der Waals surface area contributed by atoms with Crippen LogP contribution >= 0.6 is 0 Å². The highest BCUT2D eigenvalue weighted by atomic mass is 19.1. The molecule has 1 aromatic carbocycles. The number of nitrogens with zero attached hydrogens (tertiary/aromatic N) is 7. The predicted molar refractivity (Wildman–Crippen MR) is 124 cm³/mol. The second-order valence-electron chi connectivity index (χ2n) is 8.65. The van der Waals surface area contributed by atoms with Gasteiger partial charge in [-0.2, -0.15) is 10.2 Å². The maximum atomic E-state index is 14.6. The smallest absolute Gasteiger partial charge is 0.341 e. The molecule has 0 aliphatic carbocycles. The standard InChI is InChI=1S/C24H24F3N7O/c1-15-14-29-31(2)23(15)22-19(27)3-4-21(30-22)32-7-9-33(10-8-32)24(35)34-20(5-6-28-34)16-11-17(25)13-18(26)12-16/h3-4,6,11-14,20H,5,7-10H2,1-2H3. The lowest BCUT2D eigenvalue weighted by molar-refractivity contribution is 0.139. The van der Waals surface area contributed by atoms with E-state index in [2.05, 4.69) is 15.2 Å². The number of hydrogen-bond donors (Lipinski definition) is 0. The molecule has 4 heterocycles. The summed E-state index contributed by atoms with van der Waals surface area (Å²) in [6.07, 6.45) is 3.62. The number of aryl methyl sites for hydroxylation is 2. The first-order valence-electron chi connectivity index (χ1n) is 11.3.